The second-order valence-corrected chi connectivity index (χ2v) is 4.21. The summed E-state index contributed by atoms with van der Waals surface area (Å²) >= 11 is 0. The van der Waals surface area contributed by atoms with Gasteiger partial charge in [0.05, 0.1) is 12.1 Å². The van der Waals surface area contributed by atoms with Crippen LogP contribution in [-0.4, -0.2) is 33.8 Å². The van der Waals surface area contributed by atoms with Crippen LogP contribution in [0.2, 0.25) is 0 Å². The summed E-state index contributed by atoms with van der Waals surface area (Å²) in [6.07, 6.45) is 1.72. The quantitative estimate of drug-likeness (QED) is 0.724. The van der Waals surface area contributed by atoms with Gasteiger partial charge >= 0.3 is 12.0 Å². The average molecular weight is 290 g/mol. The first kappa shape index (κ1) is 14.5. The van der Waals surface area contributed by atoms with Crippen LogP contribution >= 0.6 is 0 Å². The van der Waals surface area contributed by atoms with Gasteiger partial charge in [0.1, 0.15) is 0 Å². The van der Waals surface area contributed by atoms with Crippen molar-refractivity contribution in [1.82, 2.24) is 20.8 Å². The number of amides is 2. The Hall–Kier alpha value is -2.90. The van der Waals surface area contributed by atoms with Crippen molar-refractivity contribution in [3.05, 3.63) is 47.6 Å². The first-order chi connectivity index (χ1) is 10.1. The number of hydrogen-bond donors (Lipinski definition) is 3. The van der Waals surface area contributed by atoms with Crippen molar-refractivity contribution >= 4 is 12.0 Å². The summed E-state index contributed by atoms with van der Waals surface area (Å²) in [6.45, 7) is 0.567. The lowest BCUT2D eigenvalue weighted by atomic mass is 10.1. The molecule has 1 aromatic heterocycles. The molecule has 0 radical (unpaired) electrons. The number of urea groups is 1. The lowest BCUT2D eigenvalue weighted by Crippen LogP contribution is -2.36. The third-order valence-electron chi connectivity index (χ3n) is 2.69. The third-order valence-corrected chi connectivity index (χ3v) is 2.69. The van der Waals surface area contributed by atoms with E-state index in [-0.39, 0.29) is 18.1 Å². The Morgan fingerprint density at radius 3 is 2.86 bits per heavy atom. The second kappa shape index (κ2) is 7.04. The van der Waals surface area contributed by atoms with E-state index < -0.39 is 5.97 Å². The minimum Gasteiger partial charge on any atom is -0.478 e. The predicted octanol–water partition coefficient (Wildman–Crippen LogP) is 0.810. The first-order valence-corrected chi connectivity index (χ1v) is 6.24. The lowest BCUT2D eigenvalue weighted by Gasteiger charge is -2.06. The van der Waals surface area contributed by atoms with Gasteiger partial charge in [-0.3, -0.25) is 0 Å². The molecule has 2 aromatic rings. The highest BCUT2D eigenvalue weighted by Gasteiger charge is 2.05. The molecule has 21 heavy (non-hydrogen) atoms. The molecule has 8 nitrogen and oxygen atoms in total. The number of carbonyl (C=O) groups is 2. The van der Waals surface area contributed by atoms with E-state index in [2.05, 4.69) is 25.3 Å². The first-order valence-electron chi connectivity index (χ1n) is 6.24. The van der Waals surface area contributed by atoms with Crippen LogP contribution in [0.1, 0.15) is 21.7 Å². The Morgan fingerprint density at radius 2 is 2.14 bits per heavy atom. The molecule has 110 valence electrons. The fourth-order valence-corrected chi connectivity index (χ4v) is 1.67. The fourth-order valence-electron chi connectivity index (χ4n) is 1.67. The van der Waals surface area contributed by atoms with E-state index in [1.165, 1.54) is 12.5 Å². The van der Waals surface area contributed by atoms with Gasteiger partial charge in [0.25, 0.3) is 0 Å². The number of benzene rings is 1. The van der Waals surface area contributed by atoms with Crippen molar-refractivity contribution in [2.24, 2.45) is 0 Å². The Balaban J connectivity index is 1.72. The molecule has 0 atom stereocenters. The van der Waals surface area contributed by atoms with Crippen molar-refractivity contribution < 1.29 is 19.2 Å². The van der Waals surface area contributed by atoms with Crippen molar-refractivity contribution in [3.63, 3.8) is 0 Å². The largest absolute Gasteiger partial charge is 0.478 e. The van der Waals surface area contributed by atoms with E-state index in [1.807, 2.05) is 6.07 Å². The smallest absolute Gasteiger partial charge is 0.335 e. The van der Waals surface area contributed by atoms with Crippen LogP contribution in [0.25, 0.3) is 0 Å². The summed E-state index contributed by atoms with van der Waals surface area (Å²) < 4.78 is 4.54. The van der Waals surface area contributed by atoms with Crippen molar-refractivity contribution in [2.45, 2.75) is 13.0 Å². The van der Waals surface area contributed by atoms with Gasteiger partial charge in [0, 0.05) is 6.54 Å². The molecule has 0 spiro atoms. The lowest BCUT2D eigenvalue weighted by molar-refractivity contribution is 0.0696. The van der Waals surface area contributed by atoms with E-state index in [9.17, 15) is 9.59 Å². The molecule has 0 bridgehead atoms. The van der Waals surface area contributed by atoms with Crippen molar-refractivity contribution in [1.29, 1.82) is 0 Å². The number of nitrogens with one attached hydrogen (secondary N) is 2. The molecule has 0 saturated heterocycles. The van der Waals surface area contributed by atoms with Crippen molar-refractivity contribution in [3.8, 4) is 0 Å². The Labute approximate surface area is 120 Å². The minimum absolute atomic E-state index is 0.177. The topological polar surface area (TPSA) is 117 Å². The maximum atomic E-state index is 11.5. The number of rotatable bonds is 6. The van der Waals surface area contributed by atoms with E-state index in [0.717, 1.165) is 5.56 Å². The third kappa shape index (κ3) is 4.60. The molecule has 0 saturated carbocycles. The second-order valence-electron chi connectivity index (χ2n) is 4.21. The molecule has 0 unspecified atom stereocenters. The van der Waals surface area contributed by atoms with Gasteiger partial charge in [0.2, 0.25) is 6.39 Å². The Kier molecular flexibility index (Phi) is 4.86. The normalized spacial score (nSPS) is 10.1. The van der Waals surface area contributed by atoms with Crippen molar-refractivity contribution in [2.75, 3.05) is 6.54 Å². The molecule has 0 aliphatic carbocycles. The summed E-state index contributed by atoms with van der Waals surface area (Å²) in [5, 5.41) is 17.7. The molecule has 0 aliphatic heterocycles. The van der Waals surface area contributed by atoms with Crippen LogP contribution in [-0.2, 0) is 13.0 Å². The van der Waals surface area contributed by atoms with Crippen LogP contribution in [0.15, 0.2) is 35.2 Å². The molecule has 1 aromatic carbocycles. The number of aromatic nitrogens is 2. The molecule has 2 amide bonds. The fraction of sp³-hybridized carbons (Fsp3) is 0.231. The molecule has 8 heteroatoms. The van der Waals surface area contributed by atoms with E-state index in [1.54, 1.807) is 12.1 Å². The summed E-state index contributed by atoms with van der Waals surface area (Å²) in [6, 6.07) is 6.24. The zero-order valence-electron chi connectivity index (χ0n) is 11.1. The molecule has 2 rings (SSSR count). The molecule has 3 N–H and O–H groups in total. The number of carboxylic acids is 1. The Bertz CT molecular complexity index is 612. The maximum absolute atomic E-state index is 11.5. The molecular weight excluding hydrogens is 276 g/mol. The molecular formula is C13H14N4O4. The highest BCUT2D eigenvalue weighted by molar-refractivity contribution is 5.87. The minimum atomic E-state index is -0.970. The molecule has 0 aliphatic rings. The summed E-state index contributed by atoms with van der Waals surface area (Å²) in [4.78, 5) is 26.1. The van der Waals surface area contributed by atoms with Crippen LogP contribution in [0.5, 0.6) is 0 Å². The van der Waals surface area contributed by atoms with Gasteiger partial charge in [-0.15, -0.1) is 0 Å². The number of aromatic carboxylic acids is 1. The number of carboxylic acid groups (broad SMARTS) is 1. The van der Waals surface area contributed by atoms with Gasteiger partial charge in [0.15, 0.2) is 5.82 Å². The highest BCUT2D eigenvalue weighted by atomic mass is 16.5. The highest BCUT2D eigenvalue weighted by Crippen LogP contribution is 2.05. The zero-order valence-corrected chi connectivity index (χ0v) is 11.1. The number of hydrogen-bond acceptors (Lipinski definition) is 5. The van der Waals surface area contributed by atoms with Gasteiger partial charge in [-0.05, 0) is 24.1 Å². The van der Waals surface area contributed by atoms with Gasteiger partial charge in [-0.1, -0.05) is 17.3 Å². The number of carbonyl (C=O) groups excluding carboxylic acids is 1. The van der Waals surface area contributed by atoms with E-state index >= 15 is 0 Å². The monoisotopic (exact) mass is 290 g/mol. The van der Waals surface area contributed by atoms with Crippen LogP contribution in [0.4, 0.5) is 4.79 Å². The van der Waals surface area contributed by atoms with Gasteiger partial charge in [-0.25, -0.2) is 9.59 Å². The maximum Gasteiger partial charge on any atom is 0.335 e. The summed E-state index contributed by atoms with van der Waals surface area (Å²) in [5.41, 5.74) is 1.07. The van der Waals surface area contributed by atoms with Crippen LogP contribution < -0.4 is 10.6 Å². The zero-order chi connectivity index (χ0) is 15.1. The SMILES string of the molecule is O=C(NCCc1cccc(C(=O)O)c1)NCc1ncon1. The average Bonchev–Trinajstić information content (AvgIpc) is 2.99. The van der Waals surface area contributed by atoms with E-state index in [4.69, 9.17) is 5.11 Å². The van der Waals surface area contributed by atoms with Crippen LogP contribution in [0.3, 0.4) is 0 Å². The van der Waals surface area contributed by atoms with Gasteiger partial charge in [-0.2, -0.15) is 4.98 Å². The Morgan fingerprint density at radius 1 is 1.29 bits per heavy atom. The summed E-state index contributed by atoms with van der Waals surface area (Å²) in [5.74, 6) is -0.582. The molecule has 0 fully saturated rings. The predicted molar refractivity (Wildman–Crippen MR) is 71.6 cm³/mol. The standard InChI is InChI=1S/C13H14N4O4/c18-12(19)10-3-1-2-9(6-10)4-5-14-13(20)15-7-11-16-8-21-17-11/h1-3,6,8H,4-5,7H2,(H,18,19)(H2,14,15,20). The van der Waals surface area contributed by atoms with E-state index in [0.29, 0.717) is 18.8 Å². The number of nitrogens with zero attached hydrogens (tertiary/aromatic N) is 2. The molecule has 1 heterocycles. The summed E-state index contributed by atoms with van der Waals surface area (Å²) in [7, 11) is 0. The van der Waals surface area contributed by atoms with Crippen LogP contribution in [0, 0.1) is 0 Å². The van der Waals surface area contributed by atoms with Gasteiger partial charge < -0.3 is 20.3 Å².